The Kier molecular flexibility index (Phi) is 3.07. The molecular weight excluding hydrogens is 202 g/mol. The van der Waals surface area contributed by atoms with Gasteiger partial charge in [0, 0.05) is 19.3 Å². The first-order valence-corrected chi connectivity index (χ1v) is 5.50. The number of pyridine rings is 1. The Balaban J connectivity index is 2.22. The molecule has 1 saturated heterocycles. The Morgan fingerprint density at radius 1 is 1.62 bits per heavy atom. The average molecular weight is 217 g/mol. The molecule has 1 aromatic rings. The van der Waals surface area contributed by atoms with Gasteiger partial charge in [-0.25, -0.2) is 4.98 Å². The van der Waals surface area contributed by atoms with Crippen molar-refractivity contribution in [2.24, 2.45) is 5.92 Å². The number of piperidine rings is 1. The molecule has 2 unspecified atom stereocenters. The van der Waals surface area contributed by atoms with Gasteiger partial charge in [-0.1, -0.05) is 6.92 Å². The monoisotopic (exact) mass is 217 g/mol. The summed E-state index contributed by atoms with van der Waals surface area (Å²) in [6, 6.07) is 5.79. The molecule has 0 aromatic carbocycles. The lowest BCUT2D eigenvalue weighted by Crippen LogP contribution is -2.43. The van der Waals surface area contributed by atoms with E-state index in [1.54, 1.807) is 6.20 Å². The number of rotatable bonds is 1. The summed E-state index contributed by atoms with van der Waals surface area (Å²) in [7, 11) is 0. The van der Waals surface area contributed by atoms with Crippen LogP contribution >= 0.6 is 0 Å². The molecule has 0 spiro atoms. The fraction of sp³-hybridized carbons (Fsp3) is 0.500. The molecule has 1 aliphatic rings. The zero-order valence-electron chi connectivity index (χ0n) is 9.30. The van der Waals surface area contributed by atoms with Crippen molar-refractivity contribution < 1.29 is 5.11 Å². The van der Waals surface area contributed by atoms with Crippen molar-refractivity contribution >= 4 is 5.69 Å². The number of nitrogens with zero attached hydrogens (tertiary/aromatic N) is 3. The highest BCUT2D eigenvalue weighted by molar-refractivity contribution is 5.56. The van der Waals surface area contributed by atoms with Crippen molar-refractivity contribution in [2.75, 3.05) is 18.0 Å². The van der Waals surface area contributed by atoms with Crippen molar-refractivity contribution in [2.45, 2.75) is 19.4 Å². The van der Waals surface area contributed by atoms with E-state index < -0.39 is 0 Å². The Morgan fingerprint density at radius 2 is 2.44 bits per heavy atom. The van der Waals surface area contributed by atoms with Crippen LogP contribution in [-0.2, 0) is 0 Å². The Hall–Kier alpha value is -1.60. The molecular formula is C12H15N3O. The van der Waals surface area contributed by atoms with Gasteiger partial charge in [-0.3, -0.25) is 0 Å². The molecule has 0 aliphatic carbocycles. The Bertz CT molecular complexity index is 413. The molecule has 1 N–H and O–H groups in total. The van der Waals surface area contributed by atoms with Crippen molar-refractivity contribution in [1.82, 2.24) is 4.98 Å². The van der Waals surface area contributed by atoms with Crippen LogP contribution in [0, 0.1) is 17.2 Å². The van der Waals surface area contributed by atoms with E-state index >= 15 is 0 Å². The summed E-state index contributed by atoms with van der Waals surface area (Å²) in [6.07, 6.45) is 2.24. The Morgan fingerprint density at radius 3 is 3.12 bits per heavy atom. The van der Waals surface area contributed by atoms with E-state index in [-0.39, 0.29) is 6.10 Å². The third-order valence-corrected chi connectivity index (χ3v) is 3.15. The van der Waals surface area contributed by atoms with Crippen LogP contribution in [-0.4, -0.2) is 29.3 Å². The maximum absolute atomic E-state index is 9.83. The highest BCUT2D eigenvalue weighted by Crippen LogP contribution is 2.24. The van der Waals surface area contributed by atoms with Gasteiger partial charge in [0.25, 0.3) is 0 Å². The number of hydrogen-bond donors (Lipinski definition) is 1. The van der Waals surface area contributed by atoms with Gasteiger partial charge in [0.2, 0.25) is 0 Å². The van der Waals surface area contributed by atoms with Gasteiger partial charge in [-0.05, 0) is 24.5 Å². The van der Waals surface area contributed by atoms with E-state index in [4.69, 9.17) is 5.26 Å². The number of β-amino-alcohol motifs (C(OH)–C–C–N with tert-alkyl or cyclic N) is 1. The third-order valence-electron chi connectivity index (χ3n) is 3.15. The van der Waals surface area contributed by atoms with Gasteiger partial charge >= 0.3 is 0 Å². The molecule has 2 rings (SSSR count). The summed E-state index contributed by atoms with van der Waals surface area (Å²) < 4.78 is 0. The lowest BCUT2D eigenvalue weighted by molar-refractivity contribution is 0.103. The van der Waals surface area contributed by atoms with Crippen LogP contribution in [0.25, 0.3) is 0 Å². The largest absolute Gasteiger partial charge is 0.391 e. The molecule has 2 heterocycles. The number of aromatic nitrogens is 1. The molecule has 4 heteroatoms. The molecule has 16 heavy (non-hydrogen) atoms. The lowest BCUT2D eigenvalue weighted by atomic mass is 9.95. The maximum atomic E-state index is 9.83. The van der Waals surface area contributed by atoms with Crippen molar-refractivity contribution in [3.05, 3.63) is 24.0 Å². The summed E-state index contributed by atoms with van der Waals surface area (Å²) in [5.74, 6) is 0.332. The normalized spacial score (nSPS) is 25.2. The first kappa shape index (κ1) is 10.9. The van der Waals surface area contributed by atoms with Crippen molar-refractivity contribution in [3.63, 3.8) is 0 Å². The molecule has 84 valence electrons. The molecule has 1 aliphatic heterocycles. The zero-order valence-corrected chi connectivity index (χ0v) is 9.30. The molecule has 2 atom stereocenters. The average Bonchev–Trinajstić information content (AvgIpc) is 2.32. The minimum absolute atomic E-state index is 0.319. The topological polar surface area (TPSA) is 60.2 Å². The van der Waals surface area contributed by atoms with Gasteiger partial charge in [-0.2, -0.15) is 5.26 Å². The fourth-order valence-corrected chi connectivity index (χ4v) is 2.01. The lowest BCUT2D eigenvalue weighted by Gasteiger charge is -2.35. The second-order valence-electron chi connectivity index (χ2n) is 4.26. The Labute approximate surface area is 95.1 Å². The van der Waals surface area contributed by atoms with E-state index in [0.717, 1.165) is 18.7 Å². The standard InChI is InChI=1S/C12H15N3O/c1-9-4-6-15(8-12(9)16)11-3-2-5-14-10(11)7-13/h2-3,5,9,12,16H,4,6,8H2,1H3. The first-order valence-electron chi connectivity index (χ1n) is 5.50. The van der Waals surface area contributed by atoms with E-state index in [1.807, 2.05) is 17.0 Å². The third kappa shape index (κ3) is 2.00. The number of aliphatic hydroxyl groups is 1. The quantitative estimate of drug-likeness (QED) is 0.766. The zero-order chi connectivity index (χ0) is 11.5. The van der Waals surface area contributed by atoms with Crippen LogP contribution in [0.1, 0.15) is 19.0 Å². The van der Waals surface area contributed by atoms with Gasteiger partial charge in [0.05, 0.1) is 11.8 Å². The SMILES string of the molecule is CC1CCN(c2cccnc2C#N)CC1O. The summed E-state index contributed by atoms with van der Waals surface area (Å²) >= 11 is 0. The highest BCUT2D eigenvalue weighted by atomic mass is 16.3. The van der Waals surface area contributed by atoms with Crippen molar-refractivity contribution in [1.29, 1.82) is 5.26 Å². The van der Waals surface area contributed by atoms with E-state index in [2.05, 4.69) is 18.0 Å². The molecule has 1 aromatic heterocycles. The van der Waals surface area contributed by atoms with Crippen LogP contribution in [0.3, 0.4) is 0 Å². The van der Waals surface area contributed by atoms with Crippen LogP contribution < -0.4 is 4.90 Å². The number of nitriles is 1. The van der Waals surface area contributed by atoms with Crippen LogP contribution in [0.15, 0.2) is 18.3 Å². The summed E-state index contributed by atoms with van der Waals surface area (Å²) in [5, 5.41) is 18.8. The minimum atomic E-state index is -0.319. The second kappa shape index (κ2) is 4.50. The molecule has 4 nitrogen and oxygen atoms in total. The van der Waals surface area contributed by atoms with Crippen molar-refractivity contribution in [3.8, 4) is 6.07 Å². The van der Waals surface area contributed by atoms with Gasteiger partial charge in [0.15, 0.2) is 5.69 Å². The molecule has 0 radical (unpaired) electrons. The molecule has 0 saturated carbocycles. The highest BCUT2D eigenvalue weighted by Gasteiger charge is 2.25. The second-order valence-corrected chi connectivity index (χ2v) is 4.26. The van der Waals surface area contributed by atoms with Gasteiger partial charge in [-0.15, -0.1) is 0 Å². The number of anilines is 1. The van der Waals surface area contributed by atoms with Gasteiger partial charge < -0.3 is 10.0 Å². The van der Waals surface area contributed by atoms with E-state index in [0.29, 0.717) is 18.2 Å². The predicted octanol–water partition coefficient (Wildman–Crippen LogP) is 1.16. The van der Waals surface area contributed by atoms with E-state index in [9.17, 15) is 5.11 Å². The molecule has 0 bridgehead atoms. The summed E-state index contributed by atoms with van der Waals surface area (Å²) in [6.45, 7) is 3.51. The summed E-state index contributed by atoms with van der Waals surface area (Å²) in [5.41, 5.74) is 1.26. The fourth-order valence-electron chi connectivity index (χ4n) is 2.01. The molecule has 0 amide bonds. The number of hydrogen-bond acceptors (Lipinski definition) is 4. The van der Waals surface area contributed by atoms with E-state index in [1.165, 1.54) is 0 Å². The number of aliphatic hydroxyl groups excluding tert-OH is 1. The van der Waals surface area contributed by atoms with Crippen LogP contribution in [0.5, 0.6) is 0 Å². The van der Waals surface area contributed by atoms with Crippen LogP contribution in [0.2, 0.25) is 0 Å². The van der Waals surface area contributed by atoms with Gasteiger partial charge in [0.1, 0.15) is 6.07 Å². The maximum Gasteiger partial charge on any atom is 0.163 e. The van der Waals surface area contributed by atoms with Crippen LogP contribution in [0.4, 0.5) is 5.69 Å². The smallest absolute Gasteiger partial charge is 0.163 e. The predicted molar refractivity (Wildman–Crippen MR) is 61.0 cm³/mol. The first-order chi connectivity index (χ1) is 7.72. The minimum Gasteiger partial charge on any atom is -0.391 e. The summed E-state index contributed by atoms with van der Waals surface area (Å²) in [4.78, 5) is 6.07. The molecule has 1 fully saturated rings.